The number of carbonyl (C=O) groups is 1. The van der Waals surface area contributed by atoms with Gasteiger partial charge in [0.05, 0.1) is 24.0 Å². The molecule has 2 aliphatic heterocycles. The summed E-state index contributed by atoms with van der Waals surface area (Å²) in [5.74, 6) is 3.11. The van der Waals surface area contributed by atoms with E-state index in [0.29, 0.717) is 25.4 Å². The molecular weight excluding hydrogens is 356 g/mol. The van der Waals surface area contributed by atoms with Crippen molar-refractivity contribution in [1.82, 2.24) is 19.9 Å². The second-order valence-corrected chi connectivity index (χ2v) is 7.72. The number of rotatable bonds is 3. The molecule has 0 bridgehead atoms. The number of nitrogens with one attached hydrogen (secondary N) is 1. The number of hydrogen-bond acceptors (Lipinski definition) is 5. The molecule has 7 nitrogen and oxygen atoms in total. The lowest BCUT2D eigenvalue weighted by molar-refractivity contribution is -0.131. The van der Waals surface area contributed by atoms with Crippen LogP contribution in [0.3, 0.4) is 0 Å². The normalized spacial score (nSPS) is 17.8. The van der Waals surface area contributed by atoms with Crippen molar-refractivity contribution in [2.24, 2.45) is 0 Å². The third-order valence-corrected chi connectivity index (χ3v) is 5.69. The maximum Gasteiger partial charge on any atom is 0.227 e. The number of aromatic amines is 1. The summed E-state index contributed by atoms with van der Waals surface area (Å²) in [6, 6.07) is 5.96. The third-order valence-electron chi connectivity index (χ3n) is 5.69. The van der Waals surface area contributed by atoms with Crippen LogP contribution in [-0.2, 0) is 28.9 Å². The fourth-order valence-electron chi connectivity index (χ4n) is 4.13. The number of aromatic nitrogens is 3. The molecule has 0 spiro atoms. The average molecular weight is 380 g/mol. The van der Waals surface area contributed by atoms with Gasteiger partial charge in [-0.3, -0.25) is 4.79 Å². The van der Waals surface area contributed by atoms with Gasteiger partial charge in [-0.2, -0.15) is 0 Å². The molecule has 7 heteroatoms. The lowest BCUT2D eigenvalue weighted by Gasteiger charge is -2.25. The first-order valence-electron chi connectivity index (χ1n) is 9.95. The Morgan fingerprint density at radius 3 is 3.00 bits per heavy atom. The zero-order chi connectivity index (χ0) is 19.1. The average Bonchev–Trinajstić information content (AvgIpc) is 3.30. The maximum atomic E-state index is 12.9. The van der Waals surface area contributed by atoms with Gasteiger partial charge in [-0.25, -0.2) is 9.97 Å². The van der Waals surface area contributed by atoms with Crippen molar-refractivity contribution in [2.75, 3.05) is 19.8 Å². The zero-order valence-corrected chi connectivity index (χ0v) is 16.0. The number of nitrogens with zero attached hydrogens (tertiary/aromatic N) is 3. The van der Waals surface area contributed by atoms with E-state index in [0.717, 1.165) is 72.2 Å². The van der Waals surface area contributed by atoms with Gasteiger partial charge in [0.15, 0.2) is 5.89 Å². The van der Waals surface area contributed by atoms with Crippen molar-refractivity contribution >= 4 is 16.9 Å². The number of amides is 1. The van der Waals surface area contributed by atoms with Crippen LogP contribution in [0.4, 0.5) is 0 Å². The molecule has 1 fully saturated rings. The number of carbonyl (C=O) groups excluding carboxylic acids is 1. The Labute approximate surface area is 163 Å². The predicted octanol–water partition coefficient (Wildman–Crippen LogP) is 2.88. The van der Waals surface area contributed by atoms with Gasteiger partial charge in [0, 0.05) is 32.1 Å². The molecule has 2 aliphatic rings. The maximum absolute atomic E-state index is 12.9. The first kappa shape index (κ1) is 17.4. The van der Waals surface area contributed by atoms with Gasteiger partial charge in [-0.05, 0) is 37.5 Å². The van der Waals surface area contributed by atoms with Crippen LogP contribution >= 0.6 is 0 Å². The number of hydrogen-bond donors (Lipinski definition) is 1. The number of benzene rings is 1. The number of fused-ring (bicyclic) bond motifs is 2. The lowest BCUT2D eigenvalue weighted by Crippen LogP contribution is -2.36. The third kappa shape index (κ3) is 3.30. The number of oxazole rings is 1. The van der Waals surface area contributed by atoms with Gasteiger partial charge < -0.3 is 19.0 Å². The van der Waals surface area contributed by atoms with Crippen LogP contribution in [0, 0.1) is 6.92 Å². The molecule has 1 saturated heterocycles. The topological polar surface area (TPSA) is 84.2 Å². The summed E-state index contributed by atoms with van der Waals surface area (Å²) in [6.45, 7) is 4.68. The molecule has 3 aromatic rings. The Hall–Kier alpha value is -2.67. The number of H-pyrrole nitrogens is 1. The van der Waals surface area contributed by atoms with Gasteiger partial charge in [-0.1, -0.05) is 6.07 Å². The second-order valence-electron chi connectivity index (χ2n) is 7.72. The van der Waals surface area contributed by atoms with Crippen LogP contribution in [0.1, 0.15) is 47.5 Å². The zero-order valence-electron chi connectivity index (χ0n) is 16.0. The van der Waals surface area contributed by atoms with E-state index >= 15 is 0 Å². The van der Waals surface area contributed by atoms with Crippen LogP contribution < -0.4 is 0 Å². The molecule has 5 rings (SSSR count). The summed E-state index contributed by atoms with van der Waals surface area (Å²) < 4.78 is 11.5. The predicted molar refractivity (Wildman–Crippen MR) is 103 cm³/mol. The molecule has 146 valence electrons. The molecule has 2 aromatic heterocycles. The minimum absolute atomic E-state index is 0.122. The molecule has 0 unspecified atom stereocenters. The SMILES string of the molecule is Cc1nc2ccc(CC(=O)N3CCc4oc(C5CCOCC5)nc4C3)cc2[nH]1. The first-order chi connectivity index (χ1) is 13.7. The quantitative estimate of drug-likeness (QED) is 0.755. The Bertz CT molecular complexity index is 1020. The summed E-state index contributed by atoms with van der Waals surface area (Å²) in [5, 5.41) is 0. The monoisotopic (exact) mass is 380 g/mol. The fourth-order valence-corrected chi connectivity index (χ4v) is 4.13. The summed E-state index contributed by atoms with van der Waals surface area (Å²) in [7, 11) is 0. The van der Waals surface area contributed by atoms with Crippen molar-refractivity contribution in [3.8, 4) is 0 Å². The van der Waals surface area contributed by atoms with E-state index in [1.54, 1.807) is 0 Å². The highest BCUT2D eigenvalue weighted by Gasteiger charge is 2.28. The van der Waals surface area contributed by atoms with Crippen LogP contribution in [-0.4, -0.2) is 45.5 Å². The minimum atomic E-state index is 0.122. The Balaban J connectivity index is 1.28. The standard InChI is InChI=1S/C21H24N4O3/c1-13-22-16-3-2-14(10-17(16)23-13)11-20(26)25-7-4-19-18(12-25)24-21(28-19)15-5-8-27-9-6-15/h2-3,10,15H,4-9,11-12H2,1H3,(H,22,23). The van der Waals surface area contributed by atoms with Crippen molar-refractivity contribution in [2.45, 2.75) is 45.1 Å². The highest BCUT2D eigenvalue weighted by Crippen LogP contribution is 2.30. The van der Waals surface area contributed by atoms with E-state index in [1.807, 2.05) is 30.0 Å². The van der Waals surface area contributed by atoms with Crippen LogP contribution in [0.25, 0.3) is 11.0 Å². The molecule has 0 atom stereocenters. The van der Waals surface area contributed by atoms with E-state index in [9.17, 15) is 4.79 Å². The molecule has 1 aromatic carbocycles. The summed E-state index contributed by atoms with van der Waals surface area (Å²) in [4.78, 5) is 27.1. The van der Waals surface area contributed by atoms with Crippen molar-refractivity contribution < 1.29 is 13.9 Å². The number of ether oxygens (including phenoxy) is 1. The number of aryl methyl sites for hydroxylation is 1. The highest BCUT2D eigenvalue weighted by molar-refractivity contribution is 5.82. The molecule has 1 amide bonds. The van der Waals surface area contributed by atoms with Gasteiger partial charge >= 0.3 is 0 Å². The van der Waals surface area contributed by atoms with E-state index in [1.165, 1.54) is 0 Å². The van der Waals surface area contributed by atoms with Crippen LogP contribution in [0.5, 0.6) is 0 Å². The molecule has 4 heterocycles. The van der Waals surface area contributed by atoms with Crippen molar-refractivity contribution in [1.29, 1.82) is 0 Å². The molecule has 0 aliphatic carbocycles. The summed E-state index contributed by atoms with van der Waals surface area (Å²) >= 11 is 0. The number of imidazole rings is 1. The summed E-state index contributed by atoms with van der Waals surface area (Å²) in [5.41, 5.74) is 3.82. The van der Waals surface area contributed by atoms with Crippen LogP contribution in [0.2, 0.25) is 0 Å². The smallest absolute Gasteiger partial charge is 0.227 e. The highest BCUT2D eigenvalue weighted by atomic mass is 16.5. The van der Waals surface area contributed by atoms with Crippen molar-refractivity contribution in [3.05, 3.63) is 46.9 Å². The van der Waals surface area contributed by atoms with Gasteiger partial charge in [0.1, 0.15) is 17.3 Å². The van der Waals surface area contributed by atoms with Gasteiger partial charge in [0.2, 0.25) is 5.91 Å². The first-order valence-corrected chi connectivity index (χ1v) is 9.95. The molecule has 0 saturated carbocycles. The Morgan fingerprint density at radius 1 is 1.29 bits per heavy atom. The second kappa shape index (κ2) is 7.05. The molecular formula is C21H24N4O3. The van der Waals surface area contributed by atoms with E-state index in [4.69, 9.17) is 14.1 Å². The molecule has 28 heavy (non-hydrogen) atoms. The van der Waals surface area contributed by atoms with E-state index < -0.39 is 0 Å². The Kier molecular flexibility index (Phi) is 4.39. The minimum Gasteiger partial charge on any atom is -0.445 e. The van der Waals surface area contributed by atoms with E-state index in [-0.39, 0.29) is 5.91 Å². The van der Waals surface area contributed by atoms with Crippen LogP contribution in [0.15, 0.2) is 22.6 Å². The van der Waals surface area contributed by atoms with Crippen molar-refractivity contribution in [3.63, 3.8) is 0 Å². The van der Waals surface area contributed by atoms with Gasteiger partial charge in [-0.15, -0.1) is 0 Å². The van der Waals surface area contributed by atoms with E-state index in [2.05, 4.69) is 9.97 Å². The van der Waals surface area contributed by atoms with Gasteiger partial charge in [0.25, 0.3) is 0 Å². The fraction of sp³-hybridized carbons (Fsp3) is 0.476. The molecule has 1 N–H and O–H groups in total. The molecule has 0 radical (unpaired) electrons. The summed E-state index contributed by atoms with van der Waals surface area (Å²) in [6.07, 6.45) is 3.03. The lowest BCUT2D eigenvalue weighted by atomic mass is 10.0. The largest absolute Gasteiger partial charge is 0.445 e. The Morgan fingerprint density at radius 2 is 2.14 bits per heavy atom.